The number of carbonyl (C=O) groups is 1. The Morgan fingerprint density at radius 2 is 2.06 bits per heavy atom. The second kappa shape index (κ2) is 8.13. The molecule has 1 aliphatic heterocycles. The summed E-state index contributed by atoms with van der Waals surface area (Å²) < 4.78 is 28.6. The Labute approximate surface area is 193 Å². The highest BCUT2D eigenvalue weighted by Crippen LogP contribution is 2.33. The van der Waals surface area contributed by atoms with E-state index < -0.39 is 16.1 Å². The zero-order valence-corrected chi connectivity index (χ0v) is 19.1. The van der Waals surface area contributed by atoms with Crippen molar-refractivity contribution in [1.82, 2.24) is 19.2 Å². The topological polar surface area (TPSA) is 107 Å². The van der Waals surface area contributed by atoms with E-state index in [1.54, 1.807) is 36.7 Å². The number of rotatable bonds is 5. The van der Waals surface area contributed by atoms with Crippen LogP contribution in [-0.4, -0.2) is 64.3 Å². The molecule has 3 aromatic heterocycles. The van der Waals surface area contributed by atoms with Crippen molar-refractivity contribution in [1.29, 1.82) is 0 Å². The zero-order valence-electron chi connectivity index (χ0n) is 16.7. The van der Waals surface area contributed by atoms with Crippen LogP contribution in [0.25, 0.3) is 21.0 Å². The van der Waals surface area contributed by atoms with E-state index >= 15 is 0 Å². The van der Waals surface area contributed by atoms with Crippen molar-refractivity contribution in [3.05, 3.63) is 59.5 Å². The van der Waals surface area contributed by atoms with E-state index in [1.807, 2.05) is 12.1 Å². The minimum Gasteiger partial charge on any atom is -0.394 e. The second-order valence-corrected chi connectivity index (χ2v) is 11.3. The summed E-state index contributed by atoms with van der Waals surface area (Å²) >= 11 is 7.13. The lowest BCUT2D eigenvalue weighted by Crippen LogP contribution is -2.58. The smallest absolute Gasteiger partial charge is 0.253 e. The number of amides is 1. The highest BCUT2D eigenvalue weighted by atomic mass is 35.5. The monoisotopic (exact) mass is 490 g/mol. The van der Waals surface area contributed by atoms with Gasteiger partial charge in [0.2, 0.25) is 5.91 Å². The van der Waals surface area contributed by atoms with Gasteiger partial charge in [0.1, 0.15) is 4.21 Å². The van der Waals surface area contributed by atoms with E-state index in [-0.39, 0.29) is 36.4 Å². The molecule has 1 unspecified atom stereocenters. The number of piperazine rings is 1. The van der Waals surface area contributed by atoms with E-state index in [1.165, 1.54) is 4.90 Å². The van der Waals surface area contributed by atoms with E-state index in [0.29, 0.717) is 5.02 Å². The van der Waals surface area contributed by atoms with Gasteiger partial charge >= 0.3 is 0 Å². The predicted molar refractivity (Wildman–Crippen MR) is 123 cm³/mol. The number of sulfonamides is 1. The maximum atomic E-state index is 13.3. The first-order valence-corrected chi connectivity index (χ1v) is 12.5. The Kier molecular flexibility index (Phi) is 5.42. The lowest BCUT2D eigenvalue weighted by atomic mass is 10.2. The quantitative estimate of drug-likeness (QED) is 0.447. The molecule has 1 fully saturated rings. The van der Waals surface area contributed by atoms with Gasteiger partial charge in [-0.1, -0.05) is 17.7 Å². The van der Waals surface area contributed by atoms with Crippen molar-refractivity contribution in [2.45, 2.75) is 16.8 Å². The molecule has 1 aromatic carbocycles. The number of aliphatic hydroxyl groups is 1. The third kappa shape index (κ3) is 3.78. The van der Waals surface area contributed by atoms with Crippen LogP contribution in [-0.2, 0) is 21.4 Å². The zero-order chi connectivity index (χ0) is 22.5. The van der Waals surface area contributed by atoms with Crippen molar-refractivity contribution < 1.29 is 18.3 Å². The van der Waals surface area contributed by atoms with Crippen LogP contribution in [0.2, 0.25) is 5.02 Å². The van der Waals surface area contributed by atoms with Crippen LogP contribution in [0.15, 0.2) is 53.0 Å². The maximum Gasteiger partial charge on any atom is 0.253 e. The van der Waals surface area contributed by atoms with Crippen LogP contribution in [0.4, 0.5) is 0 Å². The number of nitrogens with zero attached hydrogens (tertiary/aromatic N) is 3. The molecule has 1 aliphatic rings. The average molecular weight is 491 g/mol. The second-order valence-electron chi connectivity index (χ2n) is 7.66. The molecular formula is C21H19ClN4O4S2. The molecule has 1 amide bonds. The molecule has 1 saturated heterocycles. The number of benzene rings is 1. The van der Waals surface area contributed by atoms with Gasteiger partial charge in [-0.2, -0.15) is 4.31 Å². The van der Waals surface area contributed by atoms with E-state index in [0.717, 1.165) is 42.3 Å². The molecular weight excluding hydrogens is 472 g/mol. The fourth-order valence-electron chi connectivity index (χ4n) is 3.94. The van der Waals surface area contributed by atoms with Gasteiger partial charge in [-0.25, -0.2) is 8.42 Å². The molecule has 0 spiro atoms. The standard InChI is InChI=1S/C21H19ClN4O4S2/c22-15-2-1-13-6-21(31-19(13)7-15)32(29,30)25-10-17(12-27)26(20(28)11-25)9-16-5-14-8-23-4-3-18(14)24-16/h1-8,17,24,27H,9-12H2. The molecule has 166 valence electrons. The average Bonchev–Trinajstić information content (AvgIpc) is 3.38. The number of carbonyl (C=O) groups excluding carboxylic acids is 1. The van der Waals surface area contributed by atoms with Crippen LogP contribution in [0, 0.1) is 0 Å². The third-order valence-corrected chi connectivity index (χ3v) is 9.16. The van der Waals surface area contributed by atoms with Crippen LogP contribution in [0.3, 0.4) is 0 Å². The van der Waals surface area contributed by atoms with Crippen molar-refractivity contribution in [3.8, 4) is 0 Å². The molecule has 2 N–H and O–H groups in total. The van der Waals surface area contributed by atoms with Gasteiger partial charge in [0.25, 0.3) is 10.0 Å². The number of nitrogens with one attached hydrogen (secondary N) is 1. The van der Waals surface area contributed by atoms with Crippen molar-refractivity contribution in [3.63, 3.8) is 0 Å². The van der Waals surface area contributed by atoms with Crippen LogP contribution in [0.1, 0.15) is 5.69 Å². The molecule has 8 nitrogen and oxygen atoms in total. The molecule has 32 heavy (non-hydrogen) atoms. The predicted octanol–water partition coefficient (Wildman–Crippen LogP) is 2.83. The summed E-state index contributed by atoms with van der Waals surface area (Å²) in [6.07, 6.45) is 3.40. The summed E-state index contributed by atoms with van der Waals surface area (Å²) in [6, 6.07) is 9.87. The Hall–Kier alpha value is -2.50. The van der Waals surface area contributed by atoms with Gasteiger partial charge < -0.3 is 15.0 Å². The van der Waals surface area contributed by atoms with E-state index in [4.69, 9.17) is 11.6 Å². The first-order chi connectivity index (χ1) is 15.3. The van der Waals surface area contributed by atoms with Gasteiger partial charge in [0, 0.05) is 45.3 Å². The molecule has 1 atom stereocenters. The fraction of sp³-hybridized carbons (Fsp3) is 0.238. The third-order valence-electron chi connectivity index (χ3n) is 5.57. The maximum absolute atomic E-state index is 13.3. The first kappa shape index (κ1) is 21.4. The molecule has 4 aromatic rings. The summed E-state index contributed by atoms with van der Waals surface area (Å²) in [7, 11) is -3.90. The molecule has 0 aliphatic carbocycles. The number of thiophene rings is 1. The van der Waals surface area contributed by atoms with Gasteiger partial charge in [-0.15, -0.1) is 11.3 Å². The highest BCUT2D eigenvalue weighted by molar-refractivity contribution is 7.91. The van der Waals surface area contributed by atoms with Crippen molar-refractivity contribution in [2.75, 3.05) is 19.7 Å². The summed E-state index contributed by atoms with van der Waals surface area (Å²) in [5.74, 6) is -0.361. The molecule has 0 saturated carbocycles. The fourth-order valence-corrected chi connectivity index (χ4v) is 7.19. The number of aromatic nitrogens is 2. The highest BCUT2D eigenvalue weighted by Gasteiger charge is 2.39. The van der Waals surface area contributed by atoms with Crippen LogP contribution < -0.4 is 0 Å². The lowest BCUT2D eigenvalue weighted by molar-refractivity contribution is -0.139. The van der Waals surface area contributed by atoms with E-state index in [9.17, 15) is 18.3 Å². The molecule has 0 bridgehead atoms. The molecule has 11 heteroatoms. The molecule has 5 rings (SSSR count). The van der Waals surface area contributed by atoms with Gasteiger partial charge in [-0.05, 0) is 35.7 Å². The van der Waals surface area contributed by atoms with Crippen LogP contribution >= 0.6 is 22.9 Å². The normalized spacial score (nSPS) is 18.1. The largest absolute Gasteiger partial charge is 0.394 e. The summed E-state index contributed by atoms with van der Waals surface area (Å²) in [5.41, 5.74) is 1.69. The summed E-state index contributed by atoms with van der Waals surface area (Å²) in [5, 5.41) is 12.2. The van der Waals surface area contributed by atoms with E-state index in [2.05, 4.69) is 9.97 Å². The molecule has 0 radical (unpaired) electrons. The molecule has 4 heterocycles. The van der Waals surface area contributed by atoms with Crippen molar-refractivity contribution >= 4 is 59.9 Å². The Bertz CT molecular complexity index is 1400. The summed E-state index contributed by atoms with van der Waals surface area (Å²) in [6.45, 7) is -0.368. The number of H-pyrrole nitrogens is 1. The Balaban J connectivity index is 1.39. The minimum absolute atomic E-state index is 0.0152. The number of aromatic amines is 1. The number of hydrogen-bond acceptors (Lipinski definition) is 6. The van der Waals surface area contributed by atoms with Gasteiger partial charge in [0.15, 0.2) is 0 Å². The van der Waals surface area contributed by atoms with Gasteiger partial charge in [-0.3, -0.25) is 9.78 Å². The number of hydrogen-bond donors (Lipinski definition) is 2. The first-order valence-electron chi connectivity index (χ1n) is 9.86. The number of halogens is 1. The van der Waals surface area contributed by atoms with Crippen molar-refractivity contribution in [2.24, 2.45) is 0 Å². The SMILES string of the molecule is O=C1CN(S(=O)(=O)c2cc3ccc(Cl)cc3s2)CC(CO)N1Cc1cc2cnccc2[nH]1. The number of fused-ring (bicyclic) bond motifs is 2. The van der Waals surface area contributed by atoms with Crippen LogP contribution in [0.5, 0.6) is 0 Å². The number of pyridine rings is 1. The minimum atomic E-state index is -3.90. The Morgan fingerprint density at radius 3 is 2.84 bits per heavy atom. The lowest BCUT2D eigenvalue weighted by Gasteiger charge is -2.39. The van der Waals surface area contributed by atoms with Gasteiger partial charge in [0.05, 0.1) is 25.7 Å². The number of aliphatic hydroxyl groups excluding tert-OH is 1. The summed E-state index contributed by atoms with van der Waals surface area (Å²) in [4.78, 5) is 21.8. The Morgan fingerprint density at radius 1 is 1.22 bits per heavy atom.